The maximum atomic E-state index is 13.2. The summed E-state index contributed by atoms with van der Waals surface area (Å²) >= 11 is 0. The lowest BCUT2D eigenvalue weighted by Crippen LogP contribution is -2.16. The molecule has 2 aromatic rings. The Morgan fingerprint density at radius 1 is 0.844 bits per heavy atom. The maximum absolute atomic E-state index is 13.2. The van der Waals surface area contributed by atoms with Crippen LogP contribution >= 0.6 is 0 Å². The molecule has 3 rings (SSSR count). The topological polar surface area (TPSA) is 89.5 Å². The number of esters is 1. The van der Waals surface area contributed by atoms with Crippen LogP contribution in [0.2, 0.25) is 0 Å². The van der Waals surface area contributed by atoms with E-state index in [-0.39, 0.29) is 12.2 Å². The third kappa shape index (κ3) is 4.21. The molecule has 0 N–H and O–H groups in total. The van der Waals surface area contributed by atoms with Crippen LogP contribution < -0.4 is 23.7 Å². The van der Waals surface area contributed by atoms with Gasteiger partial charge < -0.3 is 28.4 Å². The molecule has 8 heteroatoms. The van der Waals surface area contributed by atoms with Crippen molar-refractivity contribution >= 4 is 22.9 Å². The zero-order chi connectivity index (χ0) is 23.4. The Morgan fingerprint density at radius 2 is 1.47 bits per heavy atom. The van der Waals surface area contributed by atoms with Crippen LogP contribution in [0.4, 0.5) is 0 Å². The van der Waals surface area contributed by atoms with E-state index in [1.54, 1.807) is 37.4 Å². The van der Waals surface area contributed by atoms with Gasteiger partial charge in [0, 0.05) is 23.6 Å². The summed E-state index contributed by atoms with van der Waals surface area (Å²) in [5, 5.41) is 0. The van der Waals surface area contributed by atoms with E-state index < -0.39 is 12.1 Å². The van der Waals surface area contributed by atoms with Gasteiger partial charge in [-0.05, 0) is 35.9 Å². The summed E-state index contributed by atoms with van der Waals surface area (Å²) in [6.45, 7) is 1.31. The highest BCUT2D eigenvalue weighted by atomic mass is 16.5. The van der Waals surface area contributed by atoms with E-state index >= 15 is 0 Å². The molecule has 32 heavy (non-hydrogen) atoms. The first-order valence-corrected chi connectivity index (χ1v) is 9.85. The van der Waals surface area contributed by atoms with Crippen LogP contribution in [0.1, 0.15) is 24.5 Å². The van der Waals surface area contributed by atoms with E-state index in [2.05, 4.69) is 0 Å². The van der Waals surface area contributed by atoms with Crippen molar-refractivity contribution in [2.45, 2.75) is 19.4 Å². The molecule has 8 nitrogen and oxygen atoms in total. The van der Waals surface area contributed by atoms with Gasteiger partial charge in [-0.1, -0.05) is 0 Å². The van der Waals surface area contributed by atoms with Crippen LogP contribution in [-0.2, 0) is 14.3 Å². The molecule has 0 radical (unpaired) electrons. The summed E-state index contributed by atoms with van der Waals surface area (Å²) in [7, 11) is 7.58. The highest BCUT2D eigenvalue weighted by Gasteiger charge is 2.38. The van der Waals surface area contributed by atoms with Gasteiger partial charge in [0.25, 0.3) is 0 Å². The van der Waals surface area contributed by atoms with Gasteiger partial charge in [0.15, 0.2) is 17.3 Å². The minimum atomic E-state index is -0.782. The number of hydrogen-bond donors (Lipinski definition) is 0. The number of ether oxygens (including phenoxy) is 6. The maximum Gasteiger partial charge on any atom is 0.303 e. The summed E-state index contributed by atoms with van der Waals surface area (Å²) < 4.78 is 32.8. The molecule has 0 amide bonds. The Bertz CT molecular complexity index is 1040. The molecule has 1 aliphatic carbocycles. The van der Waals surface area contributed by atoms with Crippen molar-refractivity contribution in [1.82, 2.24) is 0 Å². The minimum Gasteiger partial charge on any atom is -0.497 e. The molecule has 2 aromatic carbocycles. The number of benzene rings is 2. The minimum absolute atomic E-state index is 0.00126. The van der Waals surface area contributed by atoms with Crippen molar-refractivity contribution in [2.75, 3.05) is 35.5 Å². The third-order valence-electron chi connectivity index (χ3n) is 5.20. The highest BCUT2D eigenvalue weighted by molar-refractivity contribution is 6.32. The fraction of sp³-hybridized carbons (Fsp3) is 0.333. The van der Waals surface area contributed by atoms with E-state index in [1.165, 1.54) is 35.4 Å². The molecule has 0 saturated heterocycles. The third-order valence-corrected chi connectivity index (χ3v) is 5.20. The molecule has 0 spiro atoms. The molecular weight excluding hydrogens is 416 g/mol. The Hall–Kier alpha value is -3.68. The molecule has 1 unspecified atom stereocenters. The summed E-state index contributed by atoms with van der Waals surface area (Å²) in [6.07, 6.45) is -0.781. The Balaban J connectivity index is 2.35. The van der Waals surface area contributed by atoms with E-state index in [0.29, 0.717) is 51.0 Å². The Labute approximate surface area is 186 Å². The number of carbonyl (C=O) groups is 2. The summed E-state index contributed by atoms with van der Waals surface area (Å²) in [4.78, 5) is 25.0. The second-order valence-corrected chi connectivity index (χ2v) is 6.99. The van der Waals surface area contributed by atoms with Crippen LogP contribution in [0, 0.1) is 0 Å². The lowest BCUT2D eigenvalue weighted by molar-refractivity contribution is -0.144. The van der Waals surface area contributed by atoms with Crippen LogP contribution in [0.5, 0.6) is 28.7 Å². The zero-order valence-electron chi connectivity index (χ0n) is 18.9. The largest absolute Gasteiger partial charge is 0.497 e. The predicted octanol–water partition coefficient (Wildman–Crippen LogP) is 3.54. The fourth-order valence-electron chi connectivity index (χ4n) is 3.86. The van der Waals surface area contributed by atoms with Crippen molar-refractivity contribution in [3.63, 3.8) is 0 Å². The first kappa shape index (κ1) is 23.0. The van der Waals surface area contributed by atoms with Crippen molar-refractivity contribution in [1.29, 1.82) is 0 Å². The zero-order valence-corrected chi connectivity index (χ0v) is 18.9. The average Bonchev–Trinajstić information content (AvgIpc) is 3.11. The van der Waals surface area contributed by atoms with Gasteiger partial charge in [0.1, 0.15) is 17.6 Å². The van der Waals surface area contributed by atoms with Gasteiger partial charge in [-0.25, -0.2) is 0 Å². The van der Waals surface area contributed by atoms with E-state index in [1.807, 2.05) is 0 Å². The van der Waals surface area contributed by atoms with Crippen molar-refractivity contribution < 1.29 is 38.0 Å². The Kier molecular flexibility index (Phi) is 6.92. The van der Waals surface area contributed by atoms with Crippen molar-refractivity contribution in [3.8, 4) is 28.7 Å². The van der Waals surface area contributed by atoms with Crippen LogP contribution in [0.15, 0.2) is 30.3 Å². The summed E-state index contributed by atoms with van der Waals surface area (Å²) in [6, 6.07) is 8.62. The van der Waals surface area contributed by atoms with Crippen LogP contribution in [0.3, 0.4) is 0 Å². The second kappa shape index (κ2) is 9.64. The predicted molar refractivity (Wildman–Crippen MR) is 118 cm³/mol. The molecule has 1 aliphatic rings. The quantitative estimate of drug-likeness (QED) is 0.574. The summed E-state index contributed by atoms with van der Waals surface area (Å²) in [5.74, 6) is 1.60. The number of rotatable bonds is 8. The SMILES string of the molecule is COc1ccc(OC)c(C2=C(c3cc(OC)c(OC)c(OC)c3)C(=O)CC2OC(C)=O)c1. The monoisotopic (exact) mass is 442 g/mol. The second-order valence-electron chi connectivity index (χ2n) is 6.99. The van der Waals surface area contributed by atoms with E-state index in [9.17, 15) is 9.59 Å². The molecule has 0 heterocycles. The molecule has 170 valence electrons. The number of ketones is 1. The average molecular weight is 442 g/mol. The molecule has 0 fully saturated rings. The molecule has 0 aliphatic heterocycles. The van der Waals surface area contributed by atoms with Gasteiger partial charge >= 0.3 is 5.97 Å². The van der Waals surface area contributed by atoms with Gasteiger partial charge in [-0.15, -0.1) is 0 Å². The normalized spacial score (nSPS) is 15.4. The standard InChI is InChI=1S/C24H26O8/c1-13(25)32-19-12-17(26)22(14-9-20(29-4)24(31-6)21(10-14)30-5)23(19)16-11-15(27-2)7-8-18(16)28-3/h7-11,19H,12H2,1-6H3. The van der Waals surface area contributed by atoms with E-state index in [0.717, 1.165) is 0 Å². The fourth-order valence-corrected chi connectivity index (χ4v) is 3.86. The van der Waals surface area contributed by atoms with Crippen molar-refractivity contribution in [3.05, 3.63) is 41.5 Å². The van der Waals surface area contributed by atoms with Gasteiger partial charge in [0.2, 0.25) is 5.75 Å². The summed E-state index contributed by atoms with van der Waals surface area (Å²) in [5.41, 5.74) is 2.03. The van der Waals surface area contributed by atoms with Gasteiger partial charge in [0.05, 0.1) is 42.0 Å². The van der Waals surface area contributed by atoms with E-state index in [4.69, 9.17) is 28.4 Å². The van der Waals surface area contributed by atoms with Crippen LogP contribution in [-0.4, -0.2) is 53.4 Å². The number of hydrogen-bond acceptors (Lipinski definition) is 8. The number of methoxy groups -OCH3 is 5. The molecular formula is C24H26O8. The lowest BCUT2D eigenvalue weighted by Gasteiger charge is -2.19. The first-order chi connectivity index (χ1) is 15.4. The lowest BCUT2D eigenvalue weighted by atomic mass is 9.94. The Morgan fingerprint density at radius 3 is 1.97 bits per heavy atom. The molecule has 0 saturated carbocycles. The van der Waals surface area contributed by atoms with Gasteiger partial charge in [-0.3, -0.25) is 9.59 Å². The van der Waals surface area contributed by atoms with Crippen molar-refractivity contribution in [2.24, 2.45) is 0 Å². The van der Waals surface area contributed by atoms with Crippen LogP contribution in [0.25, 0.3) is 11.1 Å². The van der Waals surface area contributed by atoms with Gasteiger partial charge in [-0.2, -0.15) is 0 Å². The number of allylic oxidation sites excluding steroid dienone is 1. The highest BCUT2D eigenvalue weighted by Crippen LogP contribution is 2.47. The molecule has 0 aromatic heterocycles. The molecule has 1 atom stereocenters. The number of Topliss-reactive ketones (excluding diaryl/α,β-unsaturated/α-hetero) is 1. The molecule has 0 bridgehead atoms. The number of carbonyl (C=O) groups excluding carboxylic acids is 2. The first-order valence-electron chi connectivity index (χ1n) is 9.85. The smallest absolute Gasteiger partial charge is 0.303 e.